The van der Waals surface area contributed by atoms with Crippen LogP contribution in [0.15, 0.2) is 46.2 Å². The van der Waals surface area contributed by atoms with Gasteiger partial charge in [-0.3, -0.25) is 0 Å². The maximum Gasteiger partial charge on any atom is 0.0546 e. The second-order valence-corrected chi connectivity index (χ2v) is 6.89. The van der Waals surface area contributed by atoms with E-state index in [0.29, 0.717) is 5.02 Å². The van der Waals surface area contributed by atoms with Gasteiger partial charge in [0.1, 0.15) is 0 Å². The summed E-state index contributed by atoms with van der Waals surface area (Å²) in [5, 5.41) is 1.42. The van der Waals surface area contributed by atoms with Crippen LogP contribution in [0.1, 0.15) is 18.1 Å². The van der Waals surface area contributed by atoms with Crippen molar-refractivity contribution in [1.82, 2.24) is 0 Å². The van der Waals surface area contributed by atoms with Crippen molar-refractivity contribution in [2.45, 2.75) is 36.1 Å². The van der Waals surface area contributed by atoms with Crippen molar-refractivity contribution < 1.29 is 0 Å². The number of hydrogen-bond donors (Lipinski definition) is 1. The van der Waals surface area contributed by atoms with Crippen LogP contribution in [0, 0.1) is 6.92 Å². The van der Waals surface area contributed by atoms with Crippen LogP contribution in [0.5, 0.6) is 0 Å². The molecule has 1 atom stereocenters. The van der Waals surface area contributed by atoms with Crippen LogP contribution >= 0.6 is 35.0 Å². The van der Waals surface area contributed by atoms with Gasteiger partial charge in [0.25, 0.3) is 0 Å². The Morgan fingerprint density at radius 3 is 2.50 bits per heavy atom. The molecule has 0 bridgehead atoms. The molecule has 0 aliphatic rings. The SMILES string of the molecule is Cc1cc(CC(C)N)ccc1Sc1cc(Cl)ccc1Cl. The molecule has 1 nitrogen and oxygen atoms in total. The van der Waals surface area contributed by atoms with Gasteiger partial charge in [-0.25, -0.2) is 0 Å². The highest BCUT2D eigenvalue weighted by molar-refractivity contribution is 7.99. The molecule has 0 aromatic heterocycles. The van der Waals surface area contributed by atoms with Gasteiger partial charge in [-0.05, 0) is 55.7 Å². The Morgan fingerprint density at radius 1 is 1.10 bits per heavy atom. The third-order valence-electron chi connectivity index (χ3n) is 2.91. The third kappa shape index (κ3) is 4.16. The summed E-state index contributed by atoms with van der Waals surface area (Å²) >= 11 is 13.9. The van der Waals surface area contributed by atoms with Gasteiger partial charge in [-0.1, -0.05) is 47.1 Å². The molecular formula is C16H17Cl2NS. The van der Waals surface area contributed by atoms with Crippen molar-refractivity contribution >= 4 is 35.0 Å². The van der Waals surface area contributed by atoms with Crippen molar-refractivity contribution in [3.05, 3.63) is 57.6 Å². The lowest BCUT2D eigenvalue weighted by atomic mass is 10.1. The molecule has 2 aromatic rings. The number of halogens is 2. The highest BCUT2D eigenvalue weighted by atomic mass is 35.5. The van der Waals surface area contributed by atoms with Gasteiger partial charge in [-0.15, -0.1) is 0 Å². The molecule has 0 saturated heterocycles. The zero-order valence-corrected chi connectivity index (χ0v) is 13.8. The van der Waals surface area contributed by atoms with Gasteiger partial charge in [0.15, 0.2) is 0 Å². The lowest BCUT2D eigenvalue weighted by Crippen LogP contribution is -2.17. The first kappa shape index (κ1) is 15.7. The van der Waals surface area contributed by atoms with Crippen LogP contribution in [0.2, 0.25) is 10.0 Å². The van der Waals surface area contributed by atoms with Crippen molar-refractivity contribution in [3.63, 3.8) is 0 Å². The Kier molecular flexibility index (Phi) is 5.39. The normalized spacial score (nSPS) is 12.4. The fourth-order valence-corrected chi connectivity index (χ4v) is 3.41. The average molecular weight is 326 g/mol. The molecule has 2 N–H and O–H groups in total. The molecule has 4 heteroatoms. The number of rotatable bonds is 4. The summed E-state index contributed by atoms with van der Waals surface area (Å²) < 4.78 is 0. The quantitative estimate of drug-likeness (QED) is 0.820. The number of benzene rings is 2. The molecule has 0 aliphatic carbocycles. The monoisotopic (exact) mass is 325 g/mol. The molecule has 0 spiro atoms. The minimum Gasteiger partial charge on any atom is -0.328 e. The molecular weight excluding hydrogens is 309 g/mol. The molecule has 20 heavy (non-hydrogen) atoms. The molecule has 1 unspecified atom stereocenters. The second-order valence-electron chi connectivity index (χ2n) is 4.96. The summed E-state index contributed by atoms with van der Waals surface area (Å²) in [6.07, 6.45) is 0.893. The molecule has 0 amide bonds. The number of nitrogens with two attached hydrogens (primary N) is 1. The van der Waals surface area contributed by atoms with Crippen molar-refractivity contribution in [1.29, 1.82) is 0 Å². The third-order valence-corrected chi connectivity index (χ3v) is 4.82. The predicted molar refractivity (Wildman–Crippen MR) is 89.1 cm³/mol. The molecule has 0 aliphatic heterocycles. The lowest BCUT2D eigenvalue weighted by molar-refractivity contribution is 0.737. The van der Waals surface area contributed by atoms with E-state index >= 15 is 0 Å². The molecule has 0 heterocycles. The first-order valence-corrected chi connectivity index (χ1v) is 8.01. The van der Waals surface area contributed by atoms with Gasteiger partial charge in [0.05, 0.1) is 5.02 Å². The molecule has 106 valence electrons. The first-order valence-electron chi connectivity index (χ1n) is 6.43. The van der Waals surface area contributed by atoms with Crippen LogP contribution in [0.3, 0.4) is 0 Å². The van der Waals surface area contributed by atoms with Gasteiger partial charge < -0.3 is 5.73 Å². The van der Waals surface area contributed by atoms with E-state index in [-0.39, 0.29) is 6.04 Å². The Labute approximate surface area is 134 Å². The van der Waals surface area contributed by atoms with Crippen molar-refractivity contribution in [2.24, 2.45) is 5.73 Å². The standard InChI is InChI=1S/C16H17Cl2NS/c1-10-7-12(8-11(2)19)3-6-15(10)20-16-9-13(17)4-5-14(16)18/h3-7,9,11H,8,19H2,1-2H3. The molecule has 2 rings (SSSR count). The maximum absolute atomic E-state index is 6.20. The first-order chi connectivity index (χ1) is 9.45. The smallest absolute Gasteiger partial charge is 0.0546 e. The van der Waals surface area contributed by atoms with Crippen LogP contribution in [0.4, 0.5) is 0 Å². The Morgan fingerprint density at radius 2 is 1.85 bits per heavy atom. The van der Waals surface area contributed by atoms with Crippen LogP contribution in [0.25, 0.3) is 0 Å². The van der Waals surface area contributed by atoms with Crippen LogP contribution in [-0.4, -0.2) is 6.04 Å². The largest absolute Gasteiger partial charge is 0.328 e. The summed E-state index contributed by atoms with van der Waals surface area (Å²) in [6, 6.07) is 12.1. The molecule has 0 saturated carbocycles. The minimum atomic E-state index is 0.176. The van der Waals surface area contributed by atoms with Crippen molar-refractivity contribution in [3.8, 4) is 0 Å². The molecule has 2 aromatic carbocycles. The van der Waals surface area contributed by atoms with Crippen molar-refractivity contribution in [2.75, 3.05) is 0 Å². The summed E-state index contributed by atoms with van der Waals surface area (Å²) in [5.74, 6) is 0. The van der Waals surface area contributed by atoms with Gasteiger partial charge in [-0.2, -0.15) is 0 Å². The van der Waals surface area contributed by atoms with E-state index < -0.39 is 0 Å². The van der Waals surface area contributed by atoms with E-state index in [1.807, 2.05) is 19.1 Å². The lowest BCUT2D eigenvalue weighted by Gasteiger charge is -2.11. The summed E-state index contributed by atoms with van der Waals surface area (Å²) in [6.45, 7) is 4.12. The average Bonchev–Trinajstić information content (AvgIpc) is 2.36. The maximum atomic E-state index is 6.20. The van der Waals surface area contributed by atoms with Gasteiger partial charge in [0, 0.05) is 20.9 Å². The van der Waals surface area contributed by atoms with E-state index in [9.17, 15) is 0 Å². The van der Waals surface area contributed by atoms with Gasteiger partial charge >= 0.3 is 0 Å². The summed E-state index contributed by atoms with van der Waals surface area (Å²) in [7, 11) is 0. The Bertz CT molecular complexity index is 611. The summed E-state index contributed by atoms with van der Waals surface area (Å²) in [4.78, 5) is 2.16. The summed E-state index contributed by atoms with van der Waals surface area (Å²) in [5.41, 5.74) is 8.32. The highest BCUT2D eigenvalue weighted by Crippen LogP contribution is 2.36. The van der Waals surface area contributed by atoms with Gasteiger partial charge in [0.2, 0.25) is 0 Å². The highest BCUT2D eigenvalue weighted by Gasteiger charge is 2.07. The predicted octanol–water partition coefficient (Wildman–Crippen LogP) is 5.34. The number of hydrogen-bond acceptors (Lipinski definition) is 2. The zero-order valence-electron chi connectivity index (χ0n) is 11.5. The topological polar surface area (TPSA) is 26.0 Å². The van der Waals surface area contributed by atoms with Crippen LogP contribution < -0.4 is 5.73 Å². The van der Waals surface area contributed by atoms with Crippen LogP contribution in [-0.2, 0) is 6.42 Å². The van der Waals surface area contributed by atoms with E-state index in [2.05, 4.69) is 25.1 Å². The second kappa shape index (κ2) is 6.86. The minimum absolute atomic E-state index is 0.176. The Hall–Kier alpha value is -0.670. The zero-order chi connectivity index (χ0) is 14.7. The molecule has 0 radical (unpaired) electrons. The van der Waals surface area contributed by atoms with E-state index in [4.69, 9.17) is 28.9 Å². The number of aryl methyl sites for hydroxylation is 1. The molecule has 0 fully saturated rings. The van der Waals surface area contributed by atoms with E-state index in [0.717, 1.165) is 16.3 Å². The fraction of sp³-hybridized carbons (Fsp3) is 0.250. The van der Waals surface area contributed by atoms with E-state index in [1.54, 1.807) is 17.8 Å². The fourth-order valence-electron chi connectivity index (χ4n) is 2.00. The Balaban J connectivity index is 2.23. The van der Waals surface area contributed by atoms with E-state index in [1.165, 1.54) is 16.0 Å².